The van der Waals surface area contributed by atoms with E-state index in [1.54, 1.807) is 0 Å². The Morgan fingerprint density at radius 2 is 0.810 bits per heavy atom. The van der Waals surface area contributed by atoms with Gasteiger partial charge in [-0.25, -0.2) is 0 Å². The summed E-state index contributed by atoms with van der Waals surface area (Å²) in [4.78, 5) is 5.46. The normalized spacial score (nSPS) is 12.7. The molecule has 0 unspecified atom stereocenters. The third-order valence-corrected chi connectivity index (χ3v) is 11.2. The summed E-state index contributed by atoms with van der Waals surface area (Å²) < 4.78 is -0.538. The average molecular weight is 836 g/mol. The Balaban J connectivity index is 0.000000358. The minimum absolute atomic E-state index is 0. The number of nitrogens with zero attached hydrogens (tertiary/aromatic N) is 2. The Morgan fingerprint density at radius 3 is 1.10 bits per heavy atom. The predicted octanol–water partition coefficient (Wildman–Crippen LogP) is 16.5. The Hall–Kier alpha value is -3.85. The van der Waals surface area contributed by atoms with Crippen molar-refractivity contribution >= 4 is 29.7 Å². The minimum Gasteiger partial charge on any atom is -0.772 e. The molecule has 0 atom stereocenters. The molecule has 0 heterocycles. The fourth-order valence-corrected chi connectivity index (χ4v) is 7.41. The van der Waals surface area contributed by atoms with Crippen LogP contribution in [0.15, 0.2) is 144 Å². The summed E-state index contributed by atoms with van der Waals surface area (Å²) in [6, 6.07) is 44.3. The van der Waals surface area contributed by atoms with Crippen molar-refractivity contribution < 1.29 is 16.5 Å². The molecule has 5 aromatic rings. The van der Waals surface area contributed by atoms with Crippen LogP contribution in [0.25, 0.3) is 5.32 Å². The van der Waals surface area contributed by atoms with E-state index in [0.29, 0.717) is 23.7 Å². The Kier molecular flexibility index (Phi) is 17.5. The van der Waals surface area contributed by atoms with Gasteiger partial charge in [0.25, 0.3) is 0 Å². The number of rotatable bonds is 11. The molecule has 5 aromatic carbocycles. The molecule has 0 N–H and O–H groups in total. The van der Waals surface area contributed by atoms with Crippen molar-refractivity contribution in [3.05, 3.63) is 183 Å². The van der Waals surface area contributed by atoms with E-state index >= 15 is 0 Å². The van der Waals surface area contributed by atoms with Crippen LogP contribution in [0.5, 0.6) is 0 Å². The zero-order valence-electron chi connectivity index (χ0n) is 37.6. The van der Waals surface area contributed by atoms with E-state index in [-0.39, 0.29) is 27.3 Å². The Labute approximate surface area is 368 Å². The minimum atomic E-state index is -0.538. The van der Waals surface area contributed by atoms with E-state index in [2.05, 4.69) is 176 Å². The summed E-state index contributed by atoms with van der Waals surface area (Å²) in [7, 11) is 0. The number of hydrogen-bond donors (Lipinski definition) is 0. The zero-order valence-corrected chi connectivity index (χ0v) is 39.4. The molecule has 58 heavy (non-hydrogen) atoms. The molecule has 0 aromatic heterocycles. The summed E-state index contributed by atoms with van der Waals surface area (Å²) in [6.07, 6.45) is 2.28. The maximum Gasteiger partial charge on any atom is 3.00 e. The predicted molar refractivity (Wildman–Crippen MR) is 253 cm³/mol. The van der Waals surface area contributed by atoms with Gasteiger partial charge in [-0.1, -0.05) is 263 Å². The smallest absolute Gasteiger partial charge is 0.772 e. The van der Waals surface area contributed by atoms with Gasteiger partial charge in [-0.2, -0.15) is 5.70 Å². The van der Waals surface area contributed by atoms with Crippen LogP contribution in [0.3, 0.4) is 0 Å². The first kappa shape index (κ1) is 48.5. The van der Waals surface area contributed by atoms with E-state index < -0.39 is 4.75 Å². The van der Waals surface area contributed by atoms with Crippen molar-refractivity contribution in [2.24, 2.45) is 15.8 Å². The molecule has 0 saturated heterocycles. The van der Waals surface area contributed by atoms with E-state index in [9.17, 15) is 0 Å². The van der Waals surface area contributed by atoms with Crippen LogP contribution in [0.1, 0.15) is 160 Å². The molecule has 0 aliphatic heterocycles. The average Bonchev–Trinajstić information content (AvgIpc) is 3.17. The molecule has 0 aliphatic rings. The second kappa shape index (κ2) is 20.9. The van der Waals surface area contributed by atoms with Crippen LogP contribution in [-0.4, -0.2) is 5.71 Å². The van der Waals surface area contributed by atoms with Crippen LogP contribution in [0, 0.1) is 10.8 Å². The quantitative estimate of drug-likeness (QED) is 0.0563. The molecule has 0 bridgehead atoms. The molecule has 0 fully saturated rings. The molecule has 0 aliphatic carbocycles. The van der Waals surface area contributed by atoms with Gasteiger partial charge >= 0.3 is 16.5 Å². The molecule has 5 rings (SSSR count). The molecule has 309 valence electrons. The first-order valence-corrected chi connectivity index (χ1v) is 21.3. The summed E-state index contributed by atoms with van der Waals surface area (Å²) in [5.74, 6) is 1.61. The van der Waals surface area contributed by atoms with E-state index in [1.807, 2.05) is 54.6 Å². The molecule has 0 amide bonds. The molecule has 0 saturated carbocycles. The number of aliphatic imine (C=N–C) groups is 1. The van der Waals surface area contributed by atoms with Crippen molar-refractivity contribution in [2.45, 2.75) is 125 Å². The van der Waals surface area contributed by atoms with E-state index in [0.717, 1.165) is 39.5 Å². The van der Waals surface area contributed by atoms with Gasteiger partial charge in [-0.3, -0.25) is 4.99 Å². The maximum absolute atomic E-state index is 6.10. The second-order valence-electron chi connectivity index (χ2n) is 18.6. The molecule has 2 nitrogen and oxygen atoms in total. The number of hydrogen-bond acceptors (Lipinski definition) is 2. The van der Waals surface area contributed by atoms with Gasteiger partial charge in [0.1, 0.15) is 0 Å². The molecular formula is C54H68N2NiS+. The summed E-state index contributed by atoms with van der Waals surface area (Å²) in [5.41, 5.74) is 12.8. The van der Waals surface area contributed by atoms with Gasteiger partial charge < -0.3 is 17.9 Å². The van der Waals surface area contributed by atoms with Crippen LogP contribution >= 0.6 is 0 Å². The summed E-state index contributed by atoms with van der Waals surface area (Å²) in [5, 5.41) is 5.46. The first-order chi connectivity index (χ1) is 26.8. The second-order valence-corrected chi connectivity index (χ2v) is 19.2. The van der Waals surface area contributed by atoms with E-state index in [1.165, 1.54) is 22.3 Å². The summed E-state index contributed by atoms with van der Waals surface area (Å²) >= 11 is 6.10. The van der Waals surface area contributed by atoms with Crippen molar-refractivity contribution in [2.75, 3.05) is 0 Å². The van der Waals surface area contributed by atoms with Gasteiger partial charge in [0.2, 0.25) is 0 Å². The Bertz CT molecular complexity index is 1930. The van der Waals surface area contributed by atoms with Crippen molar-refractivity contribution in [3.63, 3.8) is 0 Å². The molecule has 1 radical (unpaired) electrons. The van der Waals surface area contributed by atoms with Crippen molar-refractivity contribution in [1.82, 2.24) is 0 Å². The van der Waals surface area contributed by atoms with Crippen LogP contribution in [-0.2, 0) is 33.9 Å². The van der Waals surface area contributed by atoms with Gasteiger partial charge in [0.15, 0.2) is 0 Å². The maximum atomic E-state index is 6.10. The largest absolute Gasteiger partial charge is 3.00 e. The standard InChI is InChI=1S/C35H53N2.C19H16S.Ni/c1-22(2)26-17-15-18-27(23(3)4)32(26)36-30(34(9,10)11)21-31(35(12,13)14)37-33-28(24(5)6)19-16-20-29(33)25(7)8;20-19(16-10-4-1-5-11-16,17-12-6-2-7-13-17)18-14-8-3-9-15-18;/h15-25H,1-14H3;1-15,20H;/q-1;;+3/p-1/b30-21-,37-31?;;. The van der Waals surface area contributed by atoms with Gasteiger partial charge in [-0.15, -0.1) is 5.69 Å². The fraction of sp³-hybridized carbons (Fsp3) is 0.389. The third-order valence-electron chi connectivity index (χ3n) is 10.5. The van der Waals surface area contributed by atoms with Crippen LogP contribution in [0.2, 0.25) is 0 Å². The van der Waals surface area contributed by atoms with Gasteiger partial charge in [0.05, 0.1) is 5.69 Å². The topological polar surface area (TPSA) is 26.5 Å². The van der Waals surface area contributed by atoms with Crippen LogP contribution < -0.4 is 0 Å². The van der Waals surface area contributed by atoms with Crippen molar-refractivity contribution in [3.8, 4) is 0 Å². The van der Waals surface area contributed by atoms with Gasteiger partial charge in [0, 0.05) is 11.1 Å². The molecular weight excluding hydrogens is 767 g/mol. The summed E-state index contributed by atoms with van der Waals surface area (Å²) in [6.45, 7) is 31.7. The zero-order chi connectivity index (χ0) is 42.1. The Morgan fingerprint density at radius 1 is 0.483 bits per heavy atom. The van der Waals surface area contributed by atoms with E-state index in [4.69, 9.17) is 22.9 Å². The molecule has 0 spiro atoms. The monoisotopic (exact) mass is 834 g/mol. The molecule has 4 heteroatoms. The number of allylic oxidation sites excluding steroid dienone is 2. The van der Waals surface area contributed by atoms with Gasteiger partial charge in [-0.05, 0) is 40.2 Å². The first-order valence-electron chi connectivity index (χ1n) is 20.9. The third kappa shape index (κ3) is 12.1. The van der Waals surface area contributed by atoms with Crippen molar-refractivity contribution in [1.29, 1.82) is 0 Å². The van der Waals surface area contributed by atoms with Crippen LogP contribution in [0.4, 0.5) is 11.4 Å². The SMILES string of the molecule is CC(C)c1cccc(C(C)C)c1N=C(/C=C(\[N-]c1c(C(C)C)cccc1C(C)C)C(C)(C)C)C(C)(C)C.[Ni+3].[S-]C(c1ccccc1)(c1ccccc1)c1ccccc1. The number of para-hydroxylation sites is 2. The number of benzene rings is 5. The fourth-order valence-electron chi connectivity index (χ4n) is 7.00.